The van der Waals surface area contributed by atoms with Gasteiger partial charge in [-0.3, -0.25) is 9.48 Å². The Morgan fingerprint density at radius 3 is 2.47 bits per heavy atom. The molecule has 0 fully saturated rings. The van der Waals surface area contributed by atoms with Crippen molar-refractivity contribution in [3.63, 3.8) is 0 Å². The van der Waals surface area contributed by atoms with Crippen molar-refractivity contribution >= 4 is 5.91 Å². The number of ether oxygens (including phenoxy) is 1. The van der Waals surface area contributed by atoms with Gasteiger partial charge in [-0.05, 0) is 49.4 Å². The maximum atomic E-state index is 12.8. The van der Waals surface area contributed by atoms with Gasteiger partial charge in [-0.2, -0.15) is 18.3 Å². The number of carbonyl (C=O) groups excluding carboxylic acids is 1. The molecule has 30 heavy (non-hydrogen) atoms. The van der Waals surface area contributed by atoms with E-state index < -0.39 is 23.7 Å². The molecule has 1 atom stereocenters. The third-order valence-corrected chi connectivity index (χ3v) is 4.11. The molecule has 0 aliphatic heterocycles. The third kappa shape index (κ3) is 4.95. The molecule has 0 aliphatic carbocycles. The summed E-state index contributed by atoms with van der Waals surface area (Å²) >= 11 is 0. The van der Waals surface area contributed by atoms with E-state index in [1.807, 2.05) is 0 Å². The molecule has 2 N–H and O–H groups in total. The lowest BCUT2D eigenvalue weighted by Crippen LogP contribution is -2.35. The summed E-state index contributed by atoms with van der Waals surface area (Å²) in [5.41, 5.74) is -0.0391. The number of amides is 1. The SMILES string of the molecule is C[C@H](CO)NC(=O)c1ccc(Oc2ccc(C(F)(F)F)cc2)c(-c2ccn(C)n2)n1. The van der Waals surface area contributed by atoms with Crippen LogP contribution in [-0.4, -0.2) is 38.4 Å². The molecule has 2 aromatic heterocycles. The van der Waals surface area contributed by atoms with Crippen LogP contribution in [0.3, 0.4) is 0 Å². The van der Waals surface area contributed by atoms with Gasteiger partial charge in [-0.25, -0.2) is 4.98 Å². The zero-order chi connectivity index (χ0) is 21.9. The molecule has 0 bridgehead atoms. The van der Waals surface area contributed by atoms with Crippen LogP contribution in [0.1, 0.15) is 23.0 Å². The monoisotopic (exact) mass is 420 g/mol. The van der Waals surface area contributed by atoms with E-state index >= 15 is 0 Å². The minimum Gasteiger partial charge on any atom is -0.455 e. The van der Waals surface area contributed by atoms with E-state index in [-0.39, 0.29) is 29.5 Å². The molecule has 1 amide bonds. The minimum atomic E-state index is -4.44. The van der Waals surface area contributed by atoms with Crippen LogP contribution in [0.25, 0.3) is 11.4 Å². The van der Waals surface area contributed by atoms with E-state index in [1.165, 1.54) is 24.3 Å². The first-order valence-electron chi connectivity index (χ1n) is 8.95. The zero-order valence-electron chi connectivity index (χ0n) is 16.1. The van der Waals surface area contributed by atoms with Crippen molar-refractivity contribution < 1.29 is 27.8 Å². The lowest BCUT2D eigenvalue weighted by molar-refractivity contribution is -0.137. The van der Waals surface area contributed by atoms with E-state index in [0.29, 0.717) is 5.69 Å². The average molecular weight is 420 g/mol. The lowest BCUT2D eigenvalue weighted by Gasteiger charge is -2.13. The quantitative estimate of drug-likeness (QED) is 0.638. The number of hydrogen-bond acceptors (Lipinski definition) is 5. The Morgan fingerprint density at radius 1 is 1.20 bits per heavy atom. The van der Waals surface area contributed by atoms with Crippen molar-refractivity contribution in [3.05, 3.63) is 59.9 Å². The normalized spacial score (nSPS) is 12.5. The van der Waals surface area contributed by atoms with Gasteiger partial charge in [0.15, 0.2) is 5.75 Å². The fraction of sp³-hybridized carbons (Fsp3) is 0.250. The molecule has 0 saturated carbocycles. The number of carbonyl (C=O) groups is 1. The smallest absolute Gasteiger partial charge is 0.416 e. The molecule has 3 aromatic rings. The number of aliphatic hydroxyl groups is 1. The number of benzene rings is 1. The van der Waals surface area contributed by atoms with Crippen molar-refractivity contribution in [2.24, 2.45) is 7.05 Å². The highest BCUT2D eigenvalue weighted by atomic mass is 19.4. The molecule has 0 saturated heterocycles. The number of rotatable bonds is 6. The van der Waals surface area contributed by atoms with Crippen LogP contribution in [0.4, 0.5) is 13.2 Å². The molecule has 10 heteroatoms. The van der Waals surface area contributed by atoms with Gasteiger partial charge in [0, 0.05) is 19.3 Å². The molecule has 0 radical (unpaired) electrons. The number of alkyl halides is 3. The van der Waals surface area contributed by atoms with Crippen LogP contribution >= 0.6 is 0 Å². The van der Waals surface area contributed by atoms with Crippen molar-refractivity contribution in [1.82, 2.24) is 20.1 Å². The van der Waals surface area contributed by atoms with Gasteiger partial charge in [0.1, 0.15) is 22.8 Å². The highest BCUT2D eigenvalue weighted by Crippen LogP contribution is 2.34. The summed E-state index contributed by atoms with van der Waals surface area (Å²) in [6.07, 6.45) is -2.76. The predicted molar refractivity (Wildman–Crippen MR) is 102 cm³/mol. The Labute approximate surface area is 170 Å². The molecule has 7 nitrogen and oxygen atoms in total. The summed E-state index contributed by atoms with van der Waals surface area (Å²) in [5.74, 6) is -0.0943. The van der Waals surface area contributed by atoms with E-state index in [1.54, 1.807) is 30.9 Å². The van der Waals surface area contributed by atoms with Crippen LogP contribution < -0.4 is 10.1 Å². The van der Waals surface area contributed by atoms with Gasteiger partial charge in [-0.15, -0.1) is 0 Å². The van der Waals surface area contributed by atoms with Crippen LogP contribution in [0.2, 0.25) is 0 Å². The zero-order valence-corrected chi connectivity index (χ0v) is 16.1. The predicted octanol–water partition coefficient (Wildman–Crippen LogP) is 3.40. The number of aryl methyl sites for hydroxylation is 1. The van der Waals surface area contributed by atoms with E-state index in [0.717, 1.165) is 12.1 Å². The van der Waals surface area contributed by atoms with Gasteiger partial charge >= 0.3 is 6.18 Å². The number of pyridine rings is 1. The number of nitrogens with zero attached hydrogens (tertiary/aromatic N) is 3. The third-order valence-electron chi connectivity index (χ3n) is 4.11. The summed E-state index contributed by atoms with van der Waals surface area (Å²) in [4.78, 5) is 16.7. The fourth-order valence-electron chi connectivity index (χ4n) is 2.56. The molecule has 2 heterocycles. The minimum absolute atomic E-state index is 0.0794. The van der Waals surface area contributed by atoms with Crippen LogP contribution in [0.5, 0.6) is 11.5 Å². The van der Waals surface area contributed by atoms with Crippen molar-refractivity contribution in [1.29, 1.82) is 0 Å². The summed E-state index contributed by atoms with van der Waals surface area (Å²) in [5, 5.41) is 16.0. The second kappa shape index (κ2) is 8.54. The number of aliphatic hydroxyl groups excluding tert-OH is 1. The largest absolute Gasteiger partial charge is 0.455 e. The van der Waals surface area contributed by atoms with Gasteiger partial charge in [-0.1, -0.05) is 0 Å². The van der Waals surface area contributed by atoms with Crippen molar-refractivity contribution in [2.45, 2.75) is 19.1 Å². The number of hydrogen-bond donors (Lipinski definition) is 2. The molecule has 0 unspecified atom stereocenters. The van der Waals surface area contributed by atoms with Gasteiger partial charge < -0.3 is 15.2 Å². The van der Waals surface area contributed by atoms with Crippen LogP contribution in [0.15, 0.2) is 48.7 Å². The highest BCUT2D eigenvalue weighted by molar-refractivity contribution is 5.93. The number of aromatic nitrogens is 3. The van der Waals surface area contributed by atoms with Gasteiger partial charge in [0.2, 0.25) is 0 Å². The molecule has 0 aliphatic rings. The van der Waals surface area contributed by atoms with Crippen LogP contribution in [-0.2, 0) is 13.2 Å². The average Bonchev–Trinajstić information content (AvgIpc) is 3.14. The lowest BCUT2D eigenvalue weighted by atomic mass is 10.2. The maximum Gasteiger partial charge on any atom is 0.416 e. The Morgan fingerprint density at radius 2 is 1.90 bits per heavy atom. The Balaban J connectivity index is 1.94. The summed E-state index contributed by atoms with van der Waals surface area (Å²) in [6.45, 7) is 1.41. The maximum absolute atomic E-state index is 12.8. The van der Waals surface area contributed by atoms with Crippen molar-refractivity contribution in [3.8, 4) is 22.9 Å². The standard InChI is InChI=1S/C20H19F3N4O3/c1-12(11-28)24-19(29)16-7-8-17(18(25-16)15-9-10-27(2)26-15)30-14-5-3-13(4-6-14)20(21,22)23/h3-10,12,28H,11H2,1-2H3,(H,24,29)/t12-/m1/s1. The molecule has 3 rings (SSSR count). The van der Waals surface area contributed by atoms with Crippen molar-refractivity contribution in [2.75, 3.05) is 6.61 Å². The number of halogens is 3. The van der Waals surface area contributed by atoms with Gasteiger partial charge in [0.05, 0.1) is 12.2 Å². The van der Waals surface area contributed by atoms with E-state index in [4.69, 9.17) is 9.84 Å². The molecule has 1 aromatic carbocycles. The Kier molecular flexibility index (Phi) is 6.06. The topological polar surface area (TPSA) is 89.3 Å². The van der Waals surface area contributed by atoms with Crippen LogP contribution in [0, 0.1) is 0 Å². The first kappa shape index (κ1) is 21.3. The second-order valence-corrected chi connectivity index (χ2v) is 6.60. The summed E-state index contributed by atoms with van der Waals surface area (Å²) in [6, 6.07) is 8.37. The van der Waals surface area contributed by atoms with Gasteiger partial charge in [0.25, 0.3) is 5.91 Å². The number of nitrogens with one attached hydrogen (secondary N) is 1. The highest BCUT2D eigenvalue weighted by Gasteiger charge is 2.30. The Hall–Kier alpha value is -3.40. The summed E-state index contributed by atoms with van der Waals surface area (Å²) < 4.78 is 45.5. The first-order valence-corrected chi connectivity index (χ1v) is 8.95. The molecule has 158 valence electrons. The summed E-state index contributed by atoms with van der Waals surface area (Å²) in [7, 11) is 1.71. The van der Waals surface area contributed by atoms with E-state index in [9.17, 15) is 18.0 Å². The molecular formula is C20H19F3N4O3. The molecule has 0 spiro atoms. The molecular weight excluding hydrogens is 401 g/mol. The van der Waals surface area contributed by atoms with E-state index in [2.05, 4.69) is 15.4 Å². The first-order chi connectivity index (χ1) is 14.2. The second-order valence-electron chi connectivity index (χ2n) is 6.60. The fourth-order valence-corrected chi connectivity index (χ4v) is 2.56. The Bertz CT molecular complexity index is 1030.